The number of pyridine rings is 1. The molecule has 2 rings (SSSR count). The van der Waals surface area contributed by atoms with Crippen molar-refractivity contribution in [1.29, 1.82) is 0 Å². The molecule has 0 spiro atoms. The summed E-state index contributed by atoms with van der Waals surface area (Å²) in [7, 11) is 1.55. The van der Waals surface area contributed by atoms with Crippen molar-refractivity contribution in [2.75, 3.05) is 25.5 Å². The number of rotatable bonds is 4. The molecule has 0 bridgehead atoms. The van der Waals surface area contributed by atoms with E-state index in [4.69, 9.17) is 4.74 Å². The summed E-state index contributed by atoms with van der Waals surface area (Å²) in [6.45, 7) is 3.89. The third-order valence-corrected chi connectivity index (χ3v) is 4.04. The van der Waals surface area contributed by atoms with E-state index in [1.807, 2.05) is 4.90 Å². The van der Waals surface area contributed by atoms with Crippen molar-refractivity contribution in [3.05, 3.63) is 18.3 Å². The maximum absolute atomic E-state index is 12.4. The number of amides is 2. The molecule has 1 aliphatic rings. The van der Waals surface area contributed by atoms with Crippen molar-refractivity contribution in [3.8, 4) is 5.88 Å². The van der Waals surface area contributed by atoms with E-state index in [0.29, 0.717) is 11.6 Å². The molecule has 116 valence electrons. The quantitative estimate of drug-likeness (QED) is 0.923. The van der Waals surface area contributed by atoms with E-state index in [2.05, 4.69) is 17.2 Å². The number of urea groups is 1. The zero-order valence-electron chi connectivity index (χ0n) is 13.0. The van der Waals surface area contributed by atoms with E-state index in [1.165, 1.54) is 19.3 Å². The van der Waals surface area contributed by atoms with Gasteiger partial charge in [-0.25, -0.2) is 9.78 Å². The van der Waals surface area contributed by atoms with Gasteiger partial charge >= 0.3 is 6.03 Å². The van der Waals surface area contributed by atoms with Crippen LogP contribution in [0.25, 0.3) is 0 Å². The predicted octanol–water partition coefficient (Wildman–Crippen LogP) is 3.52. The number of carbonyl (C=O) groups is 1. The number of anilines is 1. The Balaban J connectivity index is 1.94. The summed E-state index contributed by atoms with van der Waals surface area (Å²) in [5.74, 6) is 1.21. The van der Waals surface area contributed by atoms with E-state index in [-0.39, 0.29) is 6.03 Å². The molecule has 2 amide bonds. The number of methoxy groups -OCH3 is 1. The van der Waals surface area contributed by atoms with Crippen molar-refractivity contribution >= 4 is 11.7 Å². The van der Waals surface area contributed by atoms with Crippen LogP contribution in [0.1, 0.15) is 39.0 Å². The van der Waals surface area contributed by atoms with E-state index >= 15 is 0 Å². The maximum Gasteiger partial charge on any atom is 0.321 e. The van der Waals surface area contributed by atoms with Crippen LogP contribution in [0, 0.1) is 5.92 Å². The molecule has 1 N–H and O–H groups in total. The van der Waals surface area contributed by atoms with Crippen LogP contribution in [0.15, 0.2) is 18.3 Å². The Labute approximate surface area is 126 Å². The lowest BCUT2D eigenvalue weighted by molar-refractivity contribution is 0.212. The molecular formula is C16H25N3O2. The van der Waals surface area contributed by atoms with Gasteiger partial charge in [-0.3, -0.25) is 0 Å². The van der Waals surface area contributed by atoms with E-state index in [9.17, 15) is 4.79 Å². The molecule has 0 aliphatic carbocycles. The number of hydrogen-bond donors (Lipinski definition) is 1. The molecule has 1 aromatic rings. The largest absolute Gasteiger partial charge is 0.480 e. The first-order valence-corrected chi connectivity index (χ1v) is 7.79. The second-order valence-electron chi connectivity index (χ2n) is 5.56. The third-order valence-electron chi connectivity index (χ3n) is 4.04. The highest BCUT2D eigenvalue weighted by Gasteiger charge is 2.21. The summed E-state index contributed by atoms with van der Waals surface area (Å²) in [5.41, 5.74) is 0.624. The van der Waals surface area contributed by atoms with Gasteiger partial charge in [-0.05, 0) is 37.3 Å². The third kappa shape index (κ3) is 4.34. The average molecular weight is 291 g/mol. The Morgan fingerprint density at radius 1 is 1.48 bits per heavy atom. The first-order chi connectivity index (χ1) is 10.2. The van der Waals surface area contributed by atoms with Gasteiger partial charge in [-0.1, -0.05) is 19.8 Å². The fourth-order valence-corrected chi connectivity index (χ4v) is 2.91. The normalized spacial score (nSPS) is 19.0. The van der Waals surface area contributed by atoms with Gasteiger partial charge in [0.15, 0.2) is 0 Å². The van der Waals surface area contributed by atoms with Crippen LogP contribution in [-0.4, -0.2) is 36.1 Å². The molecule has 1 fully saturated rings. The molecule has 5 nitrogen and oxygen atoms in total. The van der Waals surface area contributed by atoms with Crippen LogP contribution in [0.5, 0.6) is 5.88 Å². The van der Waals surface area contributed by atoms with Gasteiger partial charge in [-0.15, -0.1) is 0 Å². The van der Waals surface area contributed by atoms with Gasteiger partial charge in [0, 0.05) is 19.3 Å². The Bertz CT molecular complexity index is 465. The Morgan fingerprint density at radius 2 is 2.33 bits per heavy atom. The first-order valence-electron chi connectivity index (χ1n) is 7.79. The number of aromatic nitrogens is 1. The molecule has 1 saturated heterocycles. The van der Waals surface area contributed by atoms with Gasteiger partial charge in [0.05, 0.1) is 7.11 Å². The number of nitrogens with zero attached hydrogens (tertiary/aromatic N) is 2. The Hall–Kier alpha value is -1.78. The zero-order valence-corrected chi connectivity index (χ0v) is 13.0. The van der Waals surface area contributed by atoms with E-state index in [0.717, 1.165) is 31.8 Å². The predicted molar refractivity (Wildman–Crippen MR) is 83.6 cm³/mol. The van der Waals surface area contributed by atoms with Crippen molar-refractivity contribution in [1.82, 2.24) is 9.88 Å². The summed E-state index contributed by atoms with van der Waals surface area (Å²) in [5, 5.41) is 2.91. The monoisotopic (exact) mass is 291 g/mol. The van der Waals surface area contributed by atoms with Gasteiger partial charge in [-0.2, -0.15) is 0 Å². The smallest absolute Gasteiger partial charge is 0.321 e. The van der Waals surface area contributed by atoms with Crippen molar-refractivity contribution in [2.45, 2.75) is 39.0 Å². The summed E-state index contributed by atoms with van der Waals surface area (Å²) in [4.78, 5) is 18.4. The topological polar surface area (TPSA) is 54.5 Å². The SMILES string of the molecule is CCCC1CCCN(C(=O)Nc2cccnc2OC)CC1. The Morgan fingerprint density at radius 3 is 3.10 bits per heavy atom. The fourth-order valence-electron chi connectivity index (χ4n) is 2.91. The fraction of sp³-hybridized carbons (Fsp3) is 0.625. The highest BCUT2D eigenvalue weighted by Crippen LogP contribution is 2.24. The molecule has 0 aromatic carbocycles. The number of ether oxygens (including phenoxy) is 1. The molecular weight excluding hydrogens is 266 g/mol. The van der Waals surface area contributed by atoms with E-state index in [1.54, 1.807) is 25.4 Å². The number of nitrogens with one attached hydrogen (secondary N) is 1. The first kappa shape index (κ1) is 15.6. The van der Waals surface area contributed by atoms with Crippen LogP contribution in [0.4, 0.5) is 10.5 Å². The minimum atomic E-state index is -0.0570. The second-order valence-corrected chi connectivity index (χ2v) is 5.56. The van der Waals surface area contributed by atoms with Crippen molar-refractivity contribution in [2.24, 2.45) is 5.92 Å². The van der Waals surface area contributed by atoms with Crippen molar-refractivity contribution < 1.29 is 9.53 Å². The number of hydrogen-bond acceptors (Lipinski definition) is 3. The number of carbonyl (C=O) groups excluding carboxylic acids is 1. The lowest BCUT2D eigenvalue weighted by Crippen LogP contribution is -2.35. The molecule has 0 radical (unpaired) electrons. The molecule has 1 unspecified atom stereocenters. The van der Waals surface area contributed by atoms with Crippen LogP contribution < -0.4 is 10.1 Å². The highest BCUT2D eigenvalue weighted by molar-refractivity contribution is 5.90. The summed E-state index contributed by atoms with van der Waals surface area (Å²) in [6, 6.07) is 3.54. The minimum absolute atomic E-state index is 0.0570. The average Bonchev–Trinajstić information content (AvgIpc) is 2.74. The minimum Gasteiger partial charge on any atom is -0.480 e. The maximum atomic E-state index is 12.4. The standard InChI is InChI=1S/C16H25N3O2/c1-3-6-13-7-5-11-19(12-9-13)16(20)18-14-8-4-10-17-15(14)21-2/h4,8,10,13H,3,5-7,9,11-12H2,1-2H3,(H,18,20). The van der Waals surface area contributed by atoms with Crippen LogP contribution in [-0.2, 0) is 0 Å². The molecule has 2 heterocycles. The van der Waals surface area contributed by atoms with Crippen LogP contribution in [0.2, 0.25) is 0 Å². The summed E-state index contributed by atoms with van der Waals surface area (Å²) < 4.78 is 5.16. The highest BCUT2D eigenvalue weighted by atomic mass is 16.5. The zero-order chi connectivity index (χ0) is 15.1. The van der Waals surface area contributed by atoms with Gasteiger partial charge in [0.2, 0.25) is 5.88 Å². The molecule has 1 aromatic heterocycles. The van der Waals surface area contributed by atoms with Gasteiger partial charge < -0.3 is 15.0 Å². The van der Waals surface area contributed by atoms with E-state index < -0.39 is 0 Å². The lowest BCUT2D eigenvalue weighted by atomic mass is 9.96. The molecule has 0 saturated carbocycles. The second kappa shape index (κ2) is 7.86. The van der Waals surface area contributed by atoms with Gasteiger partial charge in [0.25, 0.3) is 0 Å². The molecule has 5 heteroatoms. The molecule has 1 atom stereocenters. The van der Waals surface area contributed by atoms with Crippen molar-refractivity contribution in [3.63, 3.8) is 0 Å². The van der Waals surface area contributed by atoms with Crippen LogP contribution >= 0.6 is 0 Å². The van der Waals surface area contributed by atoms with Gasteiger partial charge in [0.1, 0.15) is 5.69 Å². The molecule has 1 aliphatic heterocycles. The molecule has 21 heavy (non-hydrogen) atoms. The lowest BCUT2D eigenvalue weighted by Gasteiger charge is -2.21. The number of likely N-dealkylation sites (tertiary alicyclic amines) is 1. The van der Waals surface area contributed by atoms with Crippen LogP contribution in [0.3, 0.4) is 0 Å². The summed E-state index contributed by atoms with van der Waals surface area (Å²) in [6.07, 6.45) is 7.56. The Kier molecular flexibility index (Phi) is 5.84. The summed E-state index contributed by atoms with van der Waals surface area (Å²) >= 11 is 0.